The Kier molecular flexibility index (Phi) is 7.37. The Hall–Kier alpha value is -3.82. The number of nitrogens with zero attached hydrogens (tertiary/aromatic N) is 1. The van der Waals surface area contributed by atoms with Crippen molar-refractivity contribution >= 4 is 17.6 Å². The summed E-state index contributed by atoms with van der Waals surface area (Å²) in [5, 5.41) is 5.92. The van der Waals surface area contributed by atoms with Crippen LogP contribution in [0.2, 0.25) is 0 Å². The van der Waals surface area contributed by atoms with Crippen LogP contribution in [0.3, 0.4) is 0 Å². The fourth-order valence-electron chi connectivity index (χ4n) is 2.88. The maximum absolute atomic E-state index is 13.7. The van der Waals surface area contributed by atoms with Gasteiger partial charge in [-0.15, -0.1) is 0 Å². The van der Waals surface area contributed by atoms with Crippen LogP contribution in [0.5, 0.6) is 5.75 Å². The third-order valence-corrected chi connectivity index (χ3v) is 4.81. The average Bonchev–Trinajstić information content (AvgIpc) is 3.10. The Morgan fingerprint density at radius 2 is 1.76 bits per heavy atom. The second-order valence-electron chi connectivity index (χ2n) is 7.26. The van der Waals surface area contributed by atoms with E-state index in [1.165, 1.54) is 6.92 Å². The van der Waals surface area contributed by atoms with Gasteiger partial charge in [0.1, 0.15) is 18.1 Å². The number of amides is 1. The molecule has 0 fully saturated rings. The largest absolute Gasteiger partial charge is 0.489 e. The molecule has 33 heavy (non-hydrogen) atoms. The van der Waals surface area contributed by atoms with E-state index < -0.39 is 41.1 Å². The van der Waals surface area contributed by atoms with E-state index in [1.54, 1.807) is 31.2 Å². The van der Waals surface area contributed by atoms with Gasteiger partial charge in [0.05, 0.1) is 23.4 Å². The molecule has 1 aromatic heterocycles. The molecule has 0 saturated heterocycles. The predicted octanol–water partition coefficient (Wildman–Crippen LogP) is 4.40. The lowest BCUT2D eigenvalue weighted by atomic mass is 10.1. The number of rotatable bonds is 8. The number of hydrogen-bond donors (Lipinski definition) is 1. The Labute approximate surface area is 187 Å². The lowest BCUT2D eigenvalue weighted by molar-refractivity contribution is -0.152. The fraction of sp³-hybridized carbons (Fsp3) is 0.261. The summed E-state index contributed by atoms with van der Waals surface area (Å²) < 4.78 is 55.8. The topological polar surface area (TPSA) is 90.7 Å². The number of carbonyl (C=O) groups is 2. The summed E-state index contributed by atoms with van der Waals surface area (Å²) in [6.07, 6.45) is -1.41. The SMILES string of the molecule is Cc1noc(C)c1COc1ccc(CC(=O)OC(C)C(=O)Nc2ccc(F)c(F)c2F)cc1. The number of nitrogens with one attached hydrogen (secondary N) is 1. The molecule has 0 bridgehead atoms. The minimum Gasteiger partial charge on any atom is -0.489 e. The minimum absolute atomic E-state index is 0.124. The zero-order valence-electron chi connectivity index (χ0n) is 18.1. The van der Waals surface area contributed by atoms with Gasteiger partial charge in [-0.25, -0.2) is 13.2 Å². The van der Waals surface area contributed by atoms with Crippen LogP contribution in [-0.4, -0.2) is 23.1 Å². The normalized spacial score (nSPS) is 11.7. The van der Waals surface area contributed by atoms with E-state index in [-0.39, 0.29) is 13.0 Å². The highest BCUT2D eigenvalue weighted by molar-refractivity contribution is 5.95. The van der Waals surface area contributed by atoms with Crippen molar-refractivity contribution < 1.29 is 36.8 Å². The highest BCUT2D eigenvalue weighted by atomic mass is 19.2. The quantitative estimate of drug-likeness (QED) is 0.394. The van der Waals surface area contributed by atoms with Gasteiger partial charge < -0.3 is 19.3 Å². The Morgan fingerprint density at radius 1 is 1.06 bits per heavy atom. The van der Waals surface area contributed by atoms with Crippen molar-refractivity contribution in [1.82, 2.24) is 5.16 Å². The lowest BCUT2D eigenvalue weighted by Gasteiger charge is -2.14. The molecule has 3 rings (SSSR count). The van der Waals surface area contributed by atoms with Crippen molar-refractivity contribution in [2.45, 2.75) is 39.9 Å². The smallest absolute Gasteiger partial charge is 0.311 e. The monoisotopic (exact) mass is 462 g/mol. The number of hydrogen-bond acceptors (Lipinski definition) is 6. The summed E-state index contributed by atoms with van der Waals surface area (Å²) in [5.74, 6) is -4.98. The minimum atomic E-state index is -1.71. The van der Waals surface area contributed by atoms with Crippen LogP contribution in [-0.2, 0) is 27.4 Å². The van der Waals surface area contributed by atoms with Gasteiger partial charge in [-0.2, -0.15) is 0 Å². The second kappa shape index (κ2) is 10.2. The molecule has 0 saturated carbocycles. The van der Waals surface area contributed by atoms with Crippen molar-refractivity contribution in [3.05, 3.63) is 76.4 Å². The number of aromatic nitrogens is 1. The summed E-state index contributed by atoms with van der Waals surface area (Å²) in [4.78, 5) is 24.3. The maximum Gasteiger partial charge on any atom is 0.311 e. The van der Waals surface area contributed by atoms with Crippen molar-refractivity contribution in [2.75, 3.05) is 5.32 Å². The molecule has 10 heteroatoms. The number of carbonyl (C=O) groups excluding carboxylic acids is 2. The zero-order chi connectivity index (χ0) is 24.1. The van der Waals surface area contributed by atoms with Gasteiger partial charge in [-0.3, -0.25) is 9.59 Å². The van der Waals surface area contributed by atoms with Crippen LogP contribution < -0.4 is 10.1 Å². The van der Waals surface area contributed by atoms with Gasteiger partial charge in [-0.1, -0.05) is 17.3 Å². The van der Waals surface area contributed by atoms with Crippen LogP contribution in [0, 0.1) is 31.3 Å². The number of halogens is 3. The van der Waals surface area contributed by atoms with E-state index in [4.69, 9.17) is 14.0 Å². The molecule has 0 aliphatic carbocycles. The molecule has 1 N–H and O–H groups in total. The van der Waals surface area contributed by atoms with Gasteiger partial charge in [0.25, 0.3) is 5.91 Å². The Morgan fingerprint density at radius 3 is 2.39 bits per heavy atom. The van der Waals surface area contributed by atoms with E-state index in [2.05, 4.69) is 10.5 Å². The summed E-state index contributed by atoms with van der Waals surface area (Å²) in [7, 11) is 0. The number of benzene rings is 2. The number of esters is 1. The molecule has 1 amide bonds. The molecular weight excluding hydrogens is 441 g/mol. The average molecular weight is 462 g/mol. The predicted molar refractivity (Wildman–Crippen MR) is 111 cm³/mol. The van der Waals surface area contributed by atoms with Gasteiger partial charge in [0, 0.05) is 0 Å². The van der Waals surface area contributed by atoms with E-state index in [1.807, 2.05) is 6.92 Å². The lowest BCUT2D eigenvalue weighted by Crippen LogP contribution is -2.31. The Balaban J connectivity index is 1.50. The molecule has 174 valence electrons. The number of aryl methyl sites for hydroxylation is 2. The van der Waals surface area contributed by atoms with Crippen LogP contribution in [0.1, 0.15) is 29.5 Å². The van der Waals surface area contributed by atoms with Crippen molar-refractivity contribution in [3.8, 4) is 5.75 Å². The van der Waals surface area contributed by atoms with Gasteiger partial charge in [0.2, 0.25) is 0 Å². The van der Waals surface area contributed by atoms with E-state index in [0.717, 1.165) is 17.3 Å². The van der Waals surface area contributed by atoms with E-state index in [0.29, 0.717) is 23.1 Å². The molecule has 1 atom stereocenters. The third kappa shape index (κ3) is 5.91. The Bertz CT molecular complexity index is 1140. The molecule has 0 aliphatic heterocycles. The first-order chi connectivity index (χ1) is 15.7. The third-order valence-electron chi connectivity index (χ3n) is 4.81. The fourth-order valence-corrected chi connectivity index (χ4v) is 2.88. The van der Waals surface area contributed by atoms with Crippen LogP contribution in [0.25, 0.3) is 0 Å². The van der Waals surface area contributed by atoms with Crippen molar-refractivity contribution in [2.24, 2.45) is 0 Å². The molecule has 0 radical (unpaired) electrons. The number of anilines is 1. The highest BCUT2D eigenvalue weighted by Crippen LogP contribution is 2.21. The molecule has 1 unspecified atom stereocenters. The summed E-state index contributed by atoms with van der Waals surface area (Å²) in [6.45, 7) is 5.17. The second-order valence-corrected chi connectivity index (χ2v) is 7.26. The summed E-state index contributed by atoms with van der Waals surface area (Å²) >= 11 is 0. The standard InChI is InChI=1S/C23H21F3N2O5/c1-12-17(13(2)33-28-12)11-31-16-6-4-15(5-7-16)10-20(29)32-14(3)23(30)27-19-9-8-18(24)21(25)22(19)26/h4-9,14H,10-11H2,1-3H3,(H,27,30). The van der Waals surface area contributed by atoms with Crippen LogP contribution >= 0.6 is 0 Å². The van der Waals surface area contributed by atoms with Gasteiger partial charge >= 0.3 is 5.97 Å². The first-order valence-corrected chi connectivity index (χ1v) is 9.93. The number of ether oxygens (including phenoxy) is 2. The molecule has 3 aromatic rings. The highest BCUT2D eigenvalue weighted by Gasteiger charge is 2.21. The molecule has 0 aliphatic rings. The first-order valence-electron chi connectivity index (χ1n) is 9.93. The zero-order valence-corrected chi connectivity index (χ0v) is 18.1. The van der Waals surface area contributed by atoms with Gasteiger partial charge in [0.15, 0.2) is 23.6 Å². The maximum atomic E-state index is 13.7. The van der Waals surface area contributed by atoms with Crippen molar-refractivity contribution in [1.29, 1.82) is 0 Å². The van der Waals surface area contributed by atoms with Crippen molar-refractivity contribution in [3.63, 3.8) is 0 Å². The van der Waals surface area contributed by atoms with Crippen LogP contribution in [0.4, 0.5) is 18.9 Å². The molecule has 1 heterocycles. The molecule has 7 nitrogen and oxygen atoms in total. The van der Waals surface area contributed by atoms with Crippen LogP contribution in [0.15, 0.2) is 40.9 Å². The molecule has 0 spiro atoms. The van der Waals surface area contributed by atoms with E-state index >= 15 is 0 Å². The van der Waals surface area contributed by atoms with Gasteiger partial charge in [-0.05, 0) is 50.6 Å². The molecular formula is C23H21F3N2O5. The van der Waals surface area contributed by atoms with E-state index in [9.17, 15) is 22.8 Å². The molecule has 2 aromatic carbocycles. The summed E-state index contributed by atoms with van der Waals surface area (Å²) in [5.41, 5.74) is 1.66. The first kappa shape index (κ1) is 23.8. The summed E-state index contributed by atoms with van der Waals surface area (Å²) in [6, 6.07) is 8.25.